The van der Waals surface area contributed by atoms with Gasteiger partial charge in [-0.2, -0.15) is 0 Å². The summed E-state index contributed by atoms with van der Waals surface area (Å²) in [6.45, 7) is 2.00. The zero-order valence-electron chi connectivity index (χ0n) is 3.94. The maximum absolute atomic E-state index is 5.07. The summed E-state index contributed by atoms with van der Waals surface area (Å²) < 4.78 is 5.07. The van der Waals surface area contributed by atoms with Gasteiger partial charge in [-0.15, -0.1) is 0 Å². The van der Waals surface area contributed by atoms with Gasteiger partial charge in [-0.3, -0.25) is 0 Å². The van der Waals surface area contributed by atoms with Crippen LogP contribution in [0.1, 0.15) is 19.3 Å². The highest BCUT2D eigenvalue weighted by Crippen LogP contribution is 2.01. The van der Waals surface area contributed by atoms with Crippen molar-refractivity contribution >= 4 is 11.0 Å². The van der Waals surface area contributed by atoms with Gasteiger partial charge in [-0.25, -0.2) is 0 Å². The second-order valence-electron chi connectivity index (χ2n) is 1.67. The van der Waals surface area contributed by atoms with E-state index in [9.17, 15) is 0 Å². The van der Waals surface area contributed by atoms with Crippen molar-refractivity contribution in [1.82, 2.24) is 0 Å². The lowest BCUT2D eigenvalue weighted by atomic mass is 10.2. The minimum atomic E-state index is 0. The SMILES string of the molecule is C1CCOCC1.[SiH4]. The van der Waals surface area contributed by atoms with E-state index in [1.807, 2.05) is 0 Å². The normalized spacial score (nSPS) is 20.6. The predicted molar refractivity (Wildman–Crippen MR) is 36.0 cm³/mol. The molecule has 0 bridgehead atoms. The average molecular weight is 118 g/mol. The first-order chi connectivity index (χ1) is 3.00. The molecule has 0 unspecified atom stereocenters. The molecule has 0 N–H and O–H groups in total. The Kier molecular flexibility index (Phi) is 4.45. The van der Waals surface area contributed by atoms with E-state index in [1.165, 1.54) is 19.3 Å². The molecule has 1 saturated heterocycles. The van der Waals surface area contributed by atoms with Crippen molar-refractivity contribution in [2.45, 2.75) is 19.3 Å². The van der Waals surface area contributed by atoms with Crippen molar-refractivity contribution in [2.24, 2.45) is 0 Å². The van der Waals surface area contributed by atoms with E-state index in [1.54, 1.807) is 0 Å². The minimum absolute atomic E-state index is 0. The first-order valence-electron chi connectivity index (χ1n) is 2.58. The highest BCUT2D eigenvalue weighted by molar-refractivity contribution is 5.75. The van der Waals surface area contributed by atoms with Crippen LogP contribution >= 0.6 is 0 Å². The monoisotopic (exact) mass is 118 g/mol. The smallest absolute Gasteiger partial charge is 0.0466 e. The van der Waals surface area contributed by atoms with Crippen molar-refractivity contribution in [3.05, 3.63) is 0 Å². The molecule has 0 aromatic carbocycles. The van der Waals surface area contributed by atoms with Gasteiger partial charge in [0.05, 0.1) is 0 Å². The fourth-order valence-corrected chi connectivity index (χ4v) is 0.687. The molecule has 1 heterocycles. The third kappa shape index (κ3) is 2.82. The van der Waals surface area contributed by atoms with E-state index in [0.717, 1.165) is 13.2 Å². The van der Waals surface area contributed by atoms with Gasteiger partial charge in [0.15, 0.2) is 0 Å². The zero-order chi connectivity index (χ0) is 4.24. The number of ether oxygens (including phenoxy) is 1. The summed E-state index contributed by atoms with van der Waals surface area (Å²) in [5.41, 5.74) is 0. The molecule has 1 rings (SSSR count). The van der Waals surface area contributed by atoms with Gasteiger partial charge in [0.1, 0.15) is 0 Å². The Morgan fingerprint density at radius 2 is 1.43 bits per heavy atom. The van der Waals surface area contributed by atoms with Crippen LogP contribution in [0.25, 0.3) is 0 Å². The van der Waals surface area contributed by atoms with Crippen molar-refractivity contribution < 1.29 is 4.74 Å². The molecule has 0 radical (unpaired) electrons. The van der Waals surface area contributed by atoms with Crippen LogP contribution in [0.2, 0.25) is 0 Å². The van der Waals surface area contributed by atoms with Crippen molar-refractivity contribution in [2.75, 3.05) is 13.2 Å². The highest BCUT2D eigenvalue weighted by atomic mass is 28.1. The van der Waals surface area contributed by atoms with Crippen molar-refractivity contribution in [1.29, 1.82) is 0 Å². The van der Waals surface area contributed by atoms with E-state index >= 15 is 0 Å². The minimum Gasteiger partial charge on any atom is -0.381 e. The van der Waals surface area contributed by atoms with Crippen molar-refractivity contribution in [3.63, 3.8) is 0 Å². The standard InChI is InChI=1S/C5H10O.H4Si/c1-2-4-6-5-3-1;/h1-5H2;1H4. The quantitative estimate of drug-likeness (QED) is 0.398. The lowest BCUT2D eigenvalue weighted by molar-refractivity contribution is 0.0968. The summed E-state index contributed by atoms with van der Waals surface area (Å²) in [7, 11) is 0. The Hall–Kier alpha value is 0.177. The van der Waals surface area contributed by atoms with E-state index in [4.69, 9.17) is 4.74 Å². The summed E-state index contributed by atoms with van der Waals surface area (Å²) in [6, 6.07) is 0. The topological polar surface area (TPSA) is 9.23 Å². The third-order valence-corrected chi connectivity index (χ3v) is 1.08. The molecule has 0 atom stereocenters. The molecule has 1 aliphatic heterocycles. The fraction of sp³-hybridized carbons (Fsp3) is 1.00. The van der Waals surface area contributed by atoms with Crippen LogP contribution in [0.5, 0.6) is 0 Å². The Balaban J connectivity index is 0.000000360. The Morgan fingerprint density at radius 1 is 0.857 bits per heavy atom. The lowest BCUT2D eigenvalue weighted by Crippen LogP contribution is -2.03. The van der Waals surface area contributed by atoms with Gasteiger partial charge in [0, 0.05) is 13.2 Å². The van der Waals surface area contributed by atoms with E-state index in [2.05, 4.69) is 0 Å². The molecule has 0 aromatic rings. The van der Waals surface area contributed by atoms with Gasteiger partial charge in [-0.1, -0.05) is 0 Å². The summed E-state index contributed by atoms with van der Waals surface area (Å²) in [6.07, 6.45) is 3.93. The molecule has 1 fully saturated rings. The predicted octanol–water partition coefficient (Wildman–Crippen LogP) is -0.265. The maximum atomic E-state index is 5.07. The van der Waals surface area contributed by atoms with Gasteiger partial charge < -0.3 is 4.74 Å². The van der Waals surface area contributed by atoms with E-state index in [-0.39, 0.29) is 11.0 Å². The number of hydrogen-bond acceptors (Lipinski definition) is 1. The van der Waals surface area contributed by atoms with Crippen LogP contribution in [0.3, 0.4) is 0 Å². The Labute approximate surface area is 49.1 Å². The molecule has 0 saturated carbocycles. The molecule has 0 aliphatic carbocycles. The van der Waals surface area contributed by atoms with Crippen LogP contribution in [-0.2, 0) is 4.74 Å². The Bertz CT molecular complexity index is 23.6. The van der Waals surface area contributed by atoms with Crippen molar-refractivity contribution in [3.8, 4) is 0 Å². The lowest BCUT2D eigenvalue weighted by Gasteiger charge is -2.08. The maximum Gasteiger partial charge on any atom is 0.0466 e. The summed E-state index contributed by atoms with van der Waals surface area (Å²) in [5, 5.41) is 0. The molecular weight excluding hydrogens is 104 g/mol. The third-order valence-electron chi connectivity index (χ3n) is 1.08. The molecule has 1 nitrogen and oxygen atoms in total. The molecular formula is C5H14OSi. The van der Waals surface area contributed by atoms with E-state index < -0.39 is 0 Å². The Morgan fingerprint density at radius 3 is 1.57 bits per heavy atom. The first-order valence-corrected chi connectivity index (χ1v) is 2.58. The molecule has 2 heteroatoms. The zero-order valence-corrected chi connectivity index (χ0v) is 3.94. The van der Waals surface area contributed by atoms with Gasteiger partial charge in [0.2, 0.25) is 0 Å². The first kappa shape index (κ1) is 7.18. The molecule has 0 spiro atoms. The molecule has 0 aromatic heterocycles. The second kappa shape index (κ2) is 4.34. The van der Waals surface area contributed by atoms with Crippen LogP contribution in [0.15, 0.2) is 0 Å². The molecule has 44 valence electrons. The highest BCUT2D eigenvalue weighted by Gasteiger charge is 1.94. The largest absolute Gasteiger partial charge is 0.381 e. The van der Waals surface area contributed by atoms with Crippen LogP contribution in [-0.4, -0.2) is 24.2 Å². The summed E-state index contributed by atoms with van der Waals surface area (Å²) in [4.78, 5) is 0. The van der Waals surface area contributed by atoms with Gasteiger partial charge in [0.25, 0.3) is 0 Å². The van der Waals surface area contributed by atoms with E-state index in [0.29, 0.717) is 0 Å². The fourth-order valence-electron chi connectivity index (χ4n) is 0.687. The number of rotatable bonds is 0. The molecule has 0 amide bonds. The molecule has 7 heavy (non-hydrogen) atoms. The van der Waals surface area contributed by atoms with Crippen LogP contribution in [0.4, 0.5) is 0 Å². The molecule has 1 aliphatic rings. The number of hydrogen-bond donors (Lipinski definition) is 0. The summed E-state index contributed by atoms with van der Waals surface area (Å²) in [5.74, 6) is 0. The average Bonchev–Trinajstić information content (AvgIpc) is 1.72. The second-order valence-corrected chi connectivity index (χ2v) is 1.67. The summed E-state index contributed by atoms with van der Waals surface area (Å²) >= 11 is 0. The van der Waals surface area contributed by atoms with Gasteiger partial charge >= 0.3 is 0 Å². The van der Waals surface area contributed by atoms with Gasteiger partial charge in [-0.05, 0) is 30.2 Å². The van der Waals surface area contributed by atoms with Crippen LogP contribution in [0, 0.1) is 0 Å². The van der Waals surface area contributed by atoms with Crippen LogP contribution < -0.4 is 0 Å².